The van der Waals surface area contributed by atoms with Gasteiger partial charge in [-0.1, -0.05) is 0 Å². The smallest absolute Gasteiger partial charge is 0.466 e. The van der Waals surface area contributed by atoms with Gasteiger partial charge in [0.05, 0.1) is 12.8 Å². The fraction of sp³-hybridized carbons (Fsp3) is 0.500. The Morgan fingerprint density at radius 1 is 0.895 bits per heavy atom. The van der Waals surface area contributed by atoms with Gasteiger partial charge in [-0.15, -0.1) is 0 Å². The third-order valence-corrected chi connectivity index (χ3v) is 1.29. The summed E-state index contributed by atoms with van der Waals surface area (Å²) in [6.07, 6.45) is -2.29. The minimum atomic E-state index is -4.64. The van der Waals surface area contributed by atoms with Gasteiger partial charge < -0.3 is 35.1 Å². The number of rotatable bonds is 5. The molecule has 0 rings (SSSR count). The molecule has 19 heavy (non-hydrogen) atoms. The van der Waals surface area contributed by atoms with Crippen LogP contribution in [0.15, 0.2) is 0 Å². The van der Waals surface area contributed by atoms with E-state index < -0.39 is 44.2 Å². The zero-order valence-corrected chi connectivity index (χ0v) is 11.6. The molecule has 0 aliphatic rings. The average Bonchev–Trinajstić information content (AvgIpc) is 1.95. The maximum absolute atomic E-state index is 10.3. The molecule has 0 saturated heterocycles. The molecule has 0 aromatic rings. The number of carboxylic acids is 3. The van der Waals surface area contributed by atoms with Gasteiger partial charge in [0.15, 0.2) is 5.60 Å². The van der Waals surface area contributed by atoms with E-state index in [1.165, 1.54) is 0 Å². The molecule has 13 heteroatoms. The predicted octanol–water partition coefficient (Wildman–Crippen LogP) is -2.12. The second-order valence-electron chi connectivity index (χ2n) is 2.99. The molecule has 1 unspecified atom stereocenters. The largest absolute Gasteiger partial charge is 0.481 e. The van der Waals surface area contributed by atoms with E-state index in [4.69, 9.17) is 39.7 Å². The lowest BCUT2D eigenvalue weighted by Crippen LogP contribution is -2.42. The number of aliphatic carboxylic acids is 3. The highest BCUT2D eigenvalue weighted by Gasteiger charge is 2.40. The summed E-state index contributed by atoms with van der Waals surface area (Å²) >= 11 is 0. The zero-order valence-electron chi connectivity index (χ0n) is 9.33. The van der Waals surface area contributed by atoms with Crippen molar-refractivity contribution in [2.45, 2.75) is 18.4 Å². The fourth-order valence-electron chi connectivity index (χ4n) is 0.714. The normalized spacial score (nSPS) is 10.5. The molecule has 0 fully saturated rings. The lowest BCUT2D eigenvalue weighted by molar-refractivity contribution is -0.170. The summed E-state index contributed by atoms with van der Waals surface area (Å²) in [6.45, 7) is 0. The summed E-state index contributed by atoms with van der Waals surface area (Å²) in [5.41, 5.74) is -2.74. The van der Waals surface area contributed by atoms with Crippen LogP contribution < -0.4 is 0 Å². The molecule has 0 aromatic carbocycles. The van der Waals surface area contributed by atoms with Crippen LogP contribution in [0.3, 0.4) is 0 Å². The van der Waals surface area contributed by atoms with Crippen molar-refractivity contribution >= 4 is 35.6 Å². The molecule has 0 amide bonds. The molecule has 0 radical (unpaired) electrons. The van der Waals surface area contributed by atoms with E-state index in [1.54, 1.807) is 0 Å². The topological polar surface area (TPSA) is 210 Å². The first-order chi connectivity index (χ1) is 7.78. The van der Waals surface area contributed by atoms with Crippen molar-refractivity contribution in [1.82, 2.24) is 0 Å². The molecule has 0 aliphatic carbocycles. The van der Waals surface area contributed by atoms with E-state index in [2.05, 4.69) is 0 Å². The van der Waals surface area contributed by atoms with Gasteiger partial charge in [-0.3, -0.25) is 9.59 Å². The Morgan fingerprint density at radius 3 is 1.21 bits per heavy atom. The first kappa shape index (κ1) is 23.0. The van der Waals surface area contributed by atoms with Gasteiger partial charge in [-0.2, -0.15) is 9.90 Å². The van der Waals surface area contributed by atoms with Crippen LogP contribution in [-0.4, -0.2) is 58.6 Å². The Labute approximate surface area is 109 Å². The van der Waals surface area contributed by atoms with Crippen molar-refractivity contribution in [2.24, 2.45) is 0 Å². The number of carboxylic acid groups (broad SMARTS) is 3. The van der Waals surface area contributed by atoms with Gasteiger partial charge in [-0.05, 0) is 0 Å². The van der Waals surface area contributed by atoms with E-state index in [9.17, 15) is 14.4 Å². The minimum Gasteiger partial charge on any atom is -0.481 e. The standard InChI is InChI=1S/C6H8O7.H3O4P.H3P/c7-3(8)1-6(13,5(11)12)2-4(9)10;1-5(2,3)4;/h13H,1-2H2,(H,7,8)(H,9,10)(H,11,12);(H3,1,2,3,4);1H3. The van der Waals surface area contributed by atoms with E-state index in [1.807, 2.05) is 0 Å². The second-order valence-corrected chi connectivity index (χ2v) is 4.02. The third-order valence-electron chi connectivity index (χ3n) is 1.29. The summed E-state index contributed by atoms with van der Waals surface area (Å²) in [6, 6.07) is 0. The average molecular weight is 324 g/mol. The van der Waals surface area contributed by atoms with Crippen molar-refractivity contribution in [3.8, 4) is 0 Å². The van der Waals surface area contributed by atoms with Gasteiger partial charge in [0.25, 0.3) is 0 Å². The summed E-state index contributed by atoms with van der Waals surface area (Å²) in [5, 5.41) is 33.8. The Balaban J connectivity index is -0.000000366. The summed E-state index contributed by atoms with van der Waals surface area (Å²) in [4.78, 5) is 52.0. The number of aliphatic hydroxyl groups is 1. The molecule has 7 N–H and O–H groups in total. The third kappa shape index (κ3) is 16.9. The number of carbonyl (C=O) groups is 3. The van der Waals surface area contributed by atoms with Crippen LogP contribution >= 0.6 is 17.7 Å². The SMILES string of the molecule is O=C(O)CC(O)(CC(=O)O)C(=O)O.O=P(O)(O)O.P. The van der Waals surface area contributed by atoms with E-state index in [0.717, 1.165) is 0 Å². The van der Waals surface area contributed by atoms with Gasteiger partial charge in [0.1, 0.15) is 0 Å². The van der Waals surface area contributed by atoms with Crippen LogP contribution in [0.2, 0.25) is 0 Å². The maximum atomic E-state index is 10.3. The molecular formula is C6H14O11P2. The molecule has 11 nitrogen and oxygen atoms in total. The Bertz CT molecular complexity index is 347. The van der Waals surface area contributed by atoms with Gasteiger partial charge in [0, 0.05) is 0 Å². The predicted molar refractivity (Wildman–Crippen MR) is 62.5 cm³/mol. The molecule has 0 bridgehead atoms. The minimum absolute atomic E-state index is 0. The maximum Gasteiger partial charge on any atom is 0.466 e. The summed E-state index contributed by atoms with van der Waals surface area (Å²) < 4.78 is 8.88. The molecule has 0 spiro atoms. The van der Waals surface area contributed by atoms with Crippen molar-refractivity contribution in [1.29, 1.82) is 0 Å². The molecule has 0 heterocycles. The summed E-state index contributed by atoms with van der Waals surface area (Å²) in [7, 11) is -4.64. The van der Waals surface area contributed by atoms with Crippen LogP contribution in [0.4, 0.5) is 0 Å². The number of phosphoric acid groups is 1. The highest BCUT2D eigenvalue weighted by molar-refractivity contribution is 7.45. The lowest BCUT2D eigenvalue weighted by atomic mass is 9.96. The molecule has 0 aliphatic heterocycles. The Morgan fingerprint density at radius 2 is 1.11 bits per heavy atom. The van der Waals surface area contributed by atoms with Crippen molar-refractivity contribution in [2.75, 3.05) is 0 Å². The van der Waals surface area contributed by atoms with E-state index >= 15 is 0 Å². The molecular weight excluding hydrogens is 310 g/mol. The van der Waals surface area contributed by atoms with Crippen LogP contribution in [0.1, 0.15) is 12.8 Å². The Kier molecular flexibility index (Phi) is 10.8. The highest BCUT2D eigenvalue weighted by atomic mass is 31.2. The van der Waals surface area contributed by atoms with Gasteiger partial charge >= 0.3 is 25.7 Å². The van der Waals surface area contributed by atoms with Crippen molar-refractivity contribution < 1.29 is 54.1 Å². The van der Waals surface area contributed by atoms with Crippen LogP contribution in [0, 0.1) is 0 Å². The quantitative estimate of drug-likeness (QED) is 0.272. The van der Waals surface area contributed by atoms with Crippen LogP contribution in [-0.2, 0) is 18.9 Å². The lowest BCUT2D eigenvalue weighted by Gasteiger charge is -2.18. The van der Waals surface area contributed by atoms with Crippen molar-refractivity contribution in [3.05, 3.63) is 0 Å². The first-order valence-electron chi connectivity index (χ1n) is 3.95. The van der Waals surface area contributed by atoms with Gasteiger partial charge in [0.2, 0.25) is 0 Å². The second kappa shape index (κ2) is 8.92. The Hall–Kier alpha value is -1.09. The number of hydrogen-bond acceptors (Lipinski definition) is 5. The van der Waals surface area contributed by atoms with Crippen molar-refractivity contribution in [3.63, 3.8) is 0 Å². The van der Waals surface area contributed by atoms with Crippen LogP contribution in [0.25, 0.3) is 0 Å². The molecule has 0 aromatic heterocycles. The molecule has 0 saturated carbocycles. The highest BCUT2D eigenvalue weighted by Crippen LogP contribution is 2.25. The monoisotopic (exact) mass is 324 g/mol. The molecule has 114 valence electrons. The van der Waals surface area contributed by atoms with E-state index in [0.29, 0.717) is 0 Å². The fourth-order valence-corrected chi connectivity index (χ4v) is 0.714. The summed E-state index contributed by atoms with van der Waals surface area (Å²) in [5.74, 6) is -5.02. The molecule has 1 atom stereocenters. The van der Waals surface area contributed by atoms with E-state index in [-0.39, 0.29) is 9.90 Å². The zero-order chi connectivity index (χ0) is 15.1. The first-order valence-corrected chi connectivity index (χ1v) is 5.52. The van der Waals surface area contributed by atoms with Crippen LogP contribution in [0.5, 0.6) is 0 Å². The number of hydrogen-bond donors (Lipinski definition) is 7. The van der Waals surface area contributed by atoms with Gasteiger partial charge in [-0.25, -0.2) is 9.36 Å².